The molecule has 0 bridgehead atoms. The van der Waals surface area contributed by atoms with Gasteiger partial charge in [0, 0.05) is 19.6 Å². The van der Waals surface area contributed by atoms with E-state index in [4.69, 9.17) is 5.11 Å². The minimum atomic E-state index is -0.998. The number of hydrogen-bond donors (Lipinski definition) is 1. The average molecular weight is 240 g/mol. The molecule has 0 saturated heterocycles. The number of carboxylic acids is 1. The Balaban J connectivity index is 2.58. The van der Waals surface area contributed by atoms with Gasteiger partial charge >= 0.3 is 12.0 Å². The highest BCUT2D eigenvalue weighted by molar-refractivity contribution is 5.80. The van der Waals surface area contributed by atoms with Gasteiger partial charge in [-0.25, -0.2) is 4.79 Å². The highest BCUT2D eigenvalue weighted by Gasteiger charge is 2.28. The second-order valence-electron chi connectivity index (χ2n) is 4.33. The third kappa shape index (κ3) is 4.46. The van der Waals surface area contributed by atoms with Crippen molar-refractivity contribution in [3.63, 3.8) is 0 Å². The van der Waals surface area contributed by atoms with Crippen molar-refractivity contribution in [3.05, 3.63) is 12.7 Å². The third-order valence-electron chi connectivity index (χ3n) is 2.77. The molecule has 0 aliphatic heterocycles. The first-order valence-electron chi connectivity index (χ1n) is 5.95. The molecule has 1 rings (SSSR count). The van der Waals surface area contributed by atoms with Crippen LogP contribution in [0.2, 0.25) is 0 Å². The monoisotopic (exact) mass is 240 g/mol. The van der Waals surface area contributed by atoms with Crippen LogP contribution < -0.4 is 0 Å². The molecule has 0 spiro atoms. The van der Waals surface area contributed by atoms with Crippen LogP contribution in [-0.4, -0.2) is 53.1 Å². The van der Waals surface area contributed by atoms with Gasteiger partial charge in [-0.3, -0.25) is 4.79 Å². The summed E-state index contributed by atoms with van der Waals surface area (Å²) in [5, 5.41) is 8.76. The average Bonchev–Trinajstić information content (AvgIpc) is 3.07. The van der Waals surface area contributed by atoms with E-state index in [-0.39, 0.29) is 19.1 Å². The van der Waals surface area contributed by atoms with Crippen molar-refractivity contribution >= 4 is 12.0 Å². The zero-order chi connectivity index (χ0) is 12.8. The van der Waals surface area contributed by atoms with Crippen LogP contribution in [0.4, 0.5) is 4.79 Å². The van der Waals surface area contributed by atoms with Gasteiger partial charge in [-0.05, 0) is 25.7 Å². The molecule has 1 aliphatic carbocycles. The zero-order valence-electron chi connectivity index (χ0n) is 10.3. The first-order valence-corrected chi connectivity index (χ1v) is 5.95. The first-order chi connectivity index (χ1) is 8.08. The molecule has 1 N–H and O–H groups in total. The number of urea groups is 1. The van der Waals surface area contributed by atoms with Gasteiger partial charge in [-0.15, -0.1) is 6.58 Å². The number of carboxylic acid groups (broad SMARTS) is 1. The van der Waals surface area contributed by atoms with Crippen molar-refractivity contribution in [2.45, 2.75) is 19.8 Å². The van der Waals surface area contributed by atoms with Crippen LogP contribution in [0.5, 0.6) is 0 Å². The van der Waals surface area contributed by atoms with E-state index in [0.717, 1.165) is 6.54 Å². The molecular weight excluding hydrogens is 220 g/mol. The molecule has 1 aliphatic rings. The standard InChI is InChI=1S/C12H20N2O3/c1-3-7-14(9-11(15)16)12(17)13(4-2)8-10-5-6-10/h3,10H,1,4-9H2,2H3,(H,15,16). The predicted octanol–water partition coefficient (Wildman–Crippen LogP) is 1.41. The fourth-order valence-corrected chi connectivity index (χ4v) is 1.68. The summed E-state index contributed by atoms with van der Waals surface area (Å²) in [6.07, 6.45) is 3.89. The molecule has 0 heterocycles. The molecule has 0 aromatic heterocycles. The van der Waals surface area contributed by atoms with Gasteiger partial charge in [0.25, 0.3) is 0 Å². The summed E-state index contributed by atoms with van der Waals surface area (Å²) in [7, 11) is 0. The summed E-state index contributed by atoms with van der Waals surface area (Å²) in [5.74, 6) is -0.392. The largest absolute Gasteiger partial charge is 0.480 e. The fraction of sp³-hybridized carbons (Fsp3) is 0.667. The van der Waals surface area contributed by atoms with E-state index in [1.54, 1.807) is 11.0 Å². The van der Waals surface area contributed by atoms with E-state index in [9.17, 15) is 9.59 Å². The van der Waals surface area contributed by atoms with Gasteiger partial charge in [0.2, 0.25) is 0 Å². The Labute approximate surface area is 102 Å². The Morgan fingerprint density at radius 2 is 2.06 bits per heavy atom. The van der Waals surface area contributed by atoms with Crippen molar-refractivity contribution in [2.24, 2.45) is 5.92 Å². The maximum Gasteiger partial charge on any atom is 0.323 e. The number of nitrogens with zero attached hydrogens (tertiary/aromatic N) is 2. The molecule has 5 heteroatoms. The smallest absolute Gasteiger partial charge is 0.323 e. The normalized spacial score (nSPS) is 14.2. The SMILES string of the molecule is C=CCN(CC(=O)O)C(=O)N(CC)CC1CC1. The molecule has 0 radical (unpaired) electrons. The van der Waals surface area contributed by atoms with Gasteiger partial charge in [0.15, 0.2) is 0 Å². The summed E-state index contributed by atoms with van der Waals surface area (Å²) in [5.41, 5.74) is 0. The van der Waals surface area contributed by atoms with Crippen LogP contribution in [0.3, 0.4) is 0 Å². The van der Waals surface area contributed by atoms with Crippen molar-refractivity contribution in [1.82, 2.24) is 9.80 Å². The van der Waals surface area contributed by atoms with Crippen LogP contribution in [0.15, 0.2) is 12.7 Å². The highest BCUT2D eigenvalue weighted by Crippen LogP contribution is 2.29. The Morgan fingerprint density at radius 1 is 1.41 bits per heavy atom. The molecular formula is C12H20N2O3. The number of hydrogen-bond acceptors (Lipinski definition) is 2. The van der Waals surface area contributed by atoms with E-state index in [2.05, 4.69) is 6.58 Å². The molecule has 17 heavy (non-hydrogen) atoms. The Kier molecular flexibility index (Phi) is 5.00. The third-order valence-corrected chi connectivity index (χ3v) is 2.77. The second kappa shape index (κ2) is 6.27. The molecule has 2 amide bonds. The van der Waals surface area contributed by atoms with Crippen molar-refractivity contribution in [1.29, 1.82) is 0 Å². The van der Waals surface area contributed by atoms with Crippen molar-refractivity contribution < 1.29 is 14.7 Å². The van der Waals surface area contributed by atoms with Crippen molar-refractivity contribution in [2.75, 3.05) is 26.2 Å². The number of carbonyl (C=O) groups excluding carboxylic acids is 1. The minimum Gasteiger partial charge on any atom is -0.480 e. The number of carbonyl (C=O) groups is 2. The number of amides is 2. The molecule has 0 aromatic carbocycles. The summed E-state index contributed by atoms with van der Waals surface area (Å²) >= 11 is 0. The Morgan fingerprint density at radius 3 is 2.47 bits per heavy atom. The van der Waals surface area contributed by atoms with E-state index < -0.39 is 5.97 Å². The zero-order valence-corrected chi connectivity index (χ0v) is 10.3. The number of aliphatic carboxylic acids is 1. The lowest BCUT2D eigenvalue weighted by Gasteiger charge is -2.28. The molecule has 1 saturated carbocycles. The lowest BCUT2D eigenvalue weighted by atomic mass is 10.3. The predicted molar refractivity (Wildman–Crippen MR) is 64.8 cm³/mol. The van der Waals surface area contributed by atoms with Gasteiger partial charge in [0.05, 0.1) is 0 Å². The van der Waals surface area contributed by atoms with E-state index in [0.29, 0.717) is 12.5 Å². The minimum absolute atomic E-state index is 0.207. The second-order valence-corrected chi connectivity index (χ2v) is 4.33. The summed E-state index contributed by atoms with van der Waals surface area (Å²) in [6, 6.07) is -0.207. The molecule has 0 atom stereocenters. The topological polar surface area (TPSA) is 60.9 Å². The maximum absolute atomic E-state index is 12.1. The van der Waals surface area contributed by atoms with Gasteiger partial charge in [0.1, 0.15) is 6.54 Å². The van der Waals surface area contributed by atoms with E-state index >= 15 is 0 Å². The fourth-order valence-electron chi connectivity index (χ4n) is 1.68. The summed E-state index contributed by atoms with van der Waals surface area (Å²) in [4.78, 5) is 25.8. The van der Waals surface area contributed by atoms with Crippen LogP contribution >= 0.6 is 0 Å². The van der Waals surface area contributed by atoms with Gasteiger partial charge < -0.3 is 14.9 Å². The first kappa shape index (κ1) is 13.5. The molecule has 96 valence electrons. The molecule has 1 fully saturated rings. The molecule has 5 nitrogen and oxygen atoms in total. The lowest BCUT2D eigenvalue weighted by molar-refractivity contribution is -0.137. The van der Waals surface area contributed by atoms with Crippen molar-refractivity contribution in [3.8, 4) is 0 Å². The van der Waals surface area contributed by atoms with E-state index in [1.165, 1.54) is 17.7 Å². The summed E-state index contributed by atoms with van der Waals surface area (Å²) in [6.45, 7) is 6.80. The van der Waals surface area contributed by atoms with E-state index in [1.807, 2.05) is 6.92 Å². The van der Waals surface area contributed by atoms with Crippen LogP contribution in [0, 0.1) is 5.92 Å². The summed E-state index contributed by atoms with van der Waals surface area (Å²) < 4.78 is 0. The van der Waals surface area contributed by atoms with Crippen LogP contribution in [0.25, 0.3) is 0 Å². The highest BCUT2D eigenvalue weighted by atomic mass is 16.4. The molecule has 0 unspecified atom stereocenters. The molecule has 0 aromatic rings. The van der Waals surface area contributed by atoms with Crippen LogP contribution in [-0.2, 0) is 4.79 Å². The lowest BCUT2D eigenvalue weighted by Crippen LogP contribution is -2.46. The quantitative estimate of drug-likeness (QED) is 0.684. The number of rotatable bonds is 7. The maximum atomic E-state index is 12.1. The van der Waals surface area contributed by atoms with Gasteiger partial charge in [-0.1, -0.05) is 6.08 Å². The van der Waals surface area contributed by atoms with Gasteiger partial charge in [-0.2, -0.15) is 0 Å². The van der Waals surface area contributed by atoms with Crippen LogP contribution in [0.1, 0.15) is 19.8 Å². The Hall–Kier alpha value is -1.52. The Bertz CT molecular complexity index is 300.